The van der Waals surface area contributed by atoms with E-state index in [0.29, 0.717) is 0 Å². The Morgan fingerprint density at radius 2 is 1.76 bits per heavy atom. The number of benzene rings is 2. The molecule has 2 aromatic carbocycles. The van der Waals surface area contributed by atoms with Crippen LogP contribution < -0.4 is 5.32 Å². The minimum absolute atomic E-state index is 0.160. The SMILES string of the molecule is CCCc1ccc(NC(=O)C(OC)c2ccccc2)cc1. The fraction of sp³-hybridized carbons (Fsp3) is 0.278. The van der Waals surface area contributed by atoms with Crippen molar-refractivity contribution >= 4 is 11.6 Å². The molecule has 1 N–H and O–H groups in total. The van der Waals surface area contributed by atoms with Gasteiger partial charge in [-0.05, 0) is 29.7 Å². The fourth-order valence-corrected chi connectivity index (χ4v) is 2.27. The summed E-state index contributed by atoms with van der Waals surface area (Å²) in [6, 6.07) is 17.4. The summed E-state index contributed by atoms with van der Waals surface area (Å²) in [4.78, 5) is 12.3. The van der Waals surface area contributed by atoms with E-state index in [9.17, 15) is 4.79 Å². The molecule has 1 unspecified atom stereocenters. The van der Waals surface area contributed by atoms with Crippen LogP contribution >= 0.6 is 0 Å². The van der Waals surface area contributed by atoms with Gasteiger partial charge in [-0.25, -0.2) is 0 Å². The number of amides is 1. The number of hydrogen-bond donors (Lipinski definition) is 1. The quantitative estimate of drug-likeness (QED) is 0.871. The highest BCUT2D eigenvalue weighted by atomic mass is 16.5. The van der Waals surface area contributed by atoms with Crippen LogP contribution in [0.5, 0.6) is 0 Å². The number of anilines is 1. The summed E-state index contributed by atoms with van der Waals surface area (Å²) in [5.74, 6) is -0.160. The van der Waals surface area contributed by atoms with Gasteiger partial charge in [0.2, 0.25) is 0 Å². The maximum atomic E-state index is 12.3. The molecule has 2 rings (SSSR count). The summed E-state index contributed by atoms with van der Waals surface area (Å²) in [5.41, 5.74) is 2.92. The van der Waals surface area contributed by atoms with Gasteiger partial charge in [0.25, 0.3) is 5.91 Å². The zero-order valence-corrected chi connectivity index (χ0v) is 12.5. The molecule has 0 aromatic heterocycles. The second-order valence-electron chi connectivity index (χ2n) is 4.96. The molecular formula is C18H21NO2. The molecule has 2 aromatic rings. The Morgan fingerprint density at radius 1 is 1.10 bits per heavy atom. The highest BCUT2D eigenvalue weighted by Gasteiger charge is 2.19. The van der Waals surface area contributed by atoms with Crippen molar-refractivity contribution in [3.8, 4) is 0 Å². The molecule has 0 spiro atoms. The summed E-state index contributed by atoms with van der Waals surface area (Å²) in [6.07, 6.45) is 1.58. The van der Waals surface area contributed by atoms with E-state index in [4.69, 9.17) is 4.74 Å². The predicted molar refractivity (Wildman–Crippen MR) is 85.3 cm³/mol. The Kier molecular flexibility index (Phi) is 5.52. The third-order valence-electron chi connectivity index (χ3n) is 3.34. The molecule has 0 aliphatic rings. The Labute approximate surface area is 126 Å². The summed E-state index contributed by atoms with van der Waals surface area (Å²) >= 11 is 0. The van der Waals surface area contributed by atoms with Gasteiger partial charge in [0.1, 0.15) is 0 Å². The first kappa shape index (κ1) is 15.3. The topological polar surface area (TPSA) is 38.3 Å². The van der Waals surface area contributed by atoms with E-state index in [1.165, 1.54) is 5.56 Å². The molecular weight excluding hydrogens is 262 g/mol. The van der Waals surface area contributed by atoms with Gasteiger partial charge in [-0.1, -0.05) is 55.8 Å². The van der Waals surface area contributed by atoms with Gasteiger partial charge in [0.15, 0.2) is 6.10 Å². The van der Waals surface area contributed by atoms with E-state index in [1.54, 1.807) is 7.11 Å². The van der Waals surface area contributed by atoms with Gasteiger partial charge >= 0.3 is 0 Å². The van der Waals surface area contributed by atoms with Gasteiger partial charge in [-0.3, -0.25) is 4.79 Å². The van der Waals surface area contributed by atoms with Crippen molar-refractivity contribution in [3.63, 3.8) is 0 Å². The monoisotopic (exact) mass is 283 g/mol. The number of aryl methyl sites for hydroxylation is 1. The van der Waals surface area contributed by atoms with Crippen LogP contribution in [0.1, 0.15) is 30.6 Å². The summed E-state index contributed by atoms with van der Waals surface area (Å²) in [5, 5.41) is 2.90. The molecule has 1 atom stereocenters. The van der Waals surface area contributed by atoms with Gasteiger partial charge < -0.3 is 10.1 Å². The molecule has 0 radical (unpaired) electrons. The molecule has 0 fully saturated rings. The lowest BCUT2D eigenvalue weighted by Crippen LogP contribution is -2.22. The zero-order chi connectivity index (χ0) is 15.1. The maximum Gasteiger partial charge on any atom is 0.258 e. The number of carbonyl (C=O) groups excluding carboxylic acids is 1. The van der Waals surface area contributed by atoms with Crippen LogP contribution in [0.15, 0.2) is 54.6 Å². The highest BCUT2D eigenvalue weighted by Crippen LogP contribution is 2.19. The van der Waals surface area contributed by atoms with E-state index < -0.39 is 6.10 Å². The van der Waals surface area contributed by atoms with Crippen LogP contribution in [0.3, 0.4) is 0 Å². The Hall–Kier alpha value is -2.13. The normalized spacial score (nSPS) is 11.9. The van der Waals surface area contributed by atoms with Crippen LogP contribution in [0.2, 0.25) is 0 Å². The largest absolute Gasteiger partial charge is 0.367 e. The Balaban J connectivity index is 2.05. The van der Waals surface area contributed by atoms with Crippen LogP contribution in [0.25, 0.3) is 0 Å². The van der Waals surface area contributed by atoms with E-state index in [-0.39, 0.29) is 5.91 Å². The second kappa shape index (κ2) is 7.60. The lowest BCUT2D eigenvalue weighted by Gasteiger charge is -2.15. The van der Waals surface area contributed by atoms with Crippen molar-refractivity contribution in [2.75, 3.05) is 12.4 Å². The van der Waals surface area contributed by atoms with Crippen molar-refractivity contribution in [2.45, 2.75) is 25.9 Å². The molecule has 1 amide bonds. The van der Waals surface area contributed by atoms with Crippen molar-refractivity contribution in [2.24, 2.45) is 0 Å². The zero-order valence-electron chi connectivity index (χ0n) is 12.5. The first-order valence-corrected chi connectivity index (χ1v) is 7.22. The van der Waals surface area contributed by atoms with Gasteiger partial charge in [0, 0.05) is 12.8 Å². The molecule has 3 nitrogen and oxygen atoms in total. The van der Waals surface area contributed by atoms with Gasteiger partial charge in [-0.15, -0.1) is 0 Å². The average molecular weight is 283 g/mol. The average Bonchev–Trinajstić information content (AvgIpc) is 2.51. The number of methoxy groups -OCH3 is 1. The number of ether oxygens (including phenoxy) is 1. The maximum absolute atomic E-state index is 12.3. The minimum atomic E-state index is -0.596. The molecule has 0 saturated heterocycles. The number of rotatable bonds is 6. The number of carbonyl (C=O) groups is 1. The molecule has 0 heterocycles. The van der Waals surface area contributed by atoms with E-state index in [0.717, 1.165) is 24.1 Å². The molecule has 0 saturated carbocycles. The second-order valence-corrected chi connectivity index (χ2v) is 4.96. The first-order valence-electron chi connectivity index (χ1n) is 7.22. The van der Waals surface area contributed by atoms with Gasteiger partial charge in [-0.2, -0.15) is 0 Å². The number of nitrogens with one attached hydrogen (secondary N) is 1. The predicted octanol–water partition coefficient (Wildman–Crippen LogP) is 3.97. The standard InChI is InChI=1S/C18H21NO2/c1-3-7-14-10-12-16(13-11-14)19-18(20)17(21-2)15-8-5-4-6-9-15/h4-6,8-13,17H,3,7H2,1-2H3,(H,19,20). The summed E-state index contributed by atoms with van der Waals surface area (Å²) in [6.45, 7) is 2.15. The highest BCUT2D eigenvalue weighted by molar-refractivity contribution is 5.94. The van der Waals surface area contributed by atoms with E-state index >= 15 is 0 Å². The van der Waals surface area contributed by atoms with Crippen LogP contribution in [-0.4, -0.2) is 13.0 Å². The molecule has 0 aliphatic heterocycles. The van der Waals surface area contributed by atoms with Crippen molar-refractivity contribution < 1.29 is 9.53 Å². The summed E-state index contributed by atoms with van der Waals surface area (Å²) < 4.78 is 5.32. The summed E-state index contributed by atoms with van der Waals surface area (Å²) in [7, 11) is 1.54. The molecule has 0 aliphatic carbocycles. The molecule has 3 heteroatoms. The fourth-order valence-electron chi connectivity index (χ4n) is 2.27. The third-order valence-corrected chi connectivity index (χ3v) is 3.34. The smallest absolute Gasteiger partial charge is 0.258 e. The number of hydrogen-bond acceptors (Lipinski definition) is 2. The van der Waals surface area contributed by atoms with Crippen LogP contribution in [0.4, 0.5) is 5.69 Å². The van der Waals surface area contributed by atoms with Gasteiger partial charge in [0.05, 0.1) is 0 Å². The van der Waals surface area contributed by atoms with Crippen molar-refractivity contribution in [1.82, 2.24) is 0 Å². The molecule has 21 heavy (non-hydrogen) atoms. The Bertz CT molecular complexity index is 564. The lowest BCUT2D eigenvalue weighted by atomic mass is 10.1. The third kappa shape index (κ3) is 4.17. The van der Waals surface area contributed by atoms with Crippen LogP contribution in [0, 0.1) is 0 Å². The van der Waals surface area contributed by atoms with Crippen LogP contribution in [-0.2, 0) is 16.0 Å². The van der Waals surface area contributed by atoms with E-state index in [1.807, 2.05) is 54.6 Å². The first-order chi connectivity index (χ1) is 10.2. The lowest BCUT2D eigenvalue weighted by molar-refractivity contribution is -0.126. The van der Waals surface area contributed by atoms with Crippen molar-refractivity contribution in [1.29, 1.82) is 0 Å². The Morgan fingerprint density at radius 3 is 2.33 bits per heavy atom. The van der Waals surface area contributed by atoms with E-state index in [2.05, 4.69) is 12.2 Å². The molecule has 0 bridgehead atoms. The molecule has 110 valence electrons. The minimum Gasteiger partial charge on any atom is -0.367 e. The van der Waals surface area contributed by atoms with Crippen molar-refractivity contribution in [3.05, 3.63) is 65.7 Å².